The minimum atomic E-state index is 0.725. The molecule has 0 atom stereocenters. The number of aromatic amines is 1. The van der Waals surface area contributed by atoms with E-state index in [4.69, 9.17) is 4.52 Å². The topological polar surface area (TPSA) is 58.0 Å². The number of benzene rings is 1. The van der Waals surface area contributed by atoms with Gasteiger partial charge in [0.15, 0.2) is 5.76 Å². The summed E-state index contributed by atoms with van der Waals surface area (Å²) >= 11 is 0. The van der Waals surface area contributed by atoms with E-state index in [0.29, 0.717) is 0 Å². The van der Waals surface area contributed by atoms with Gasteiger partial charge in [-0.3, -0.25) is 4.90 Å². The quantitative estimate of drug-likeness (QED) is 0.781. The predicted octanol–water partition coefficient (Wildman–Crippen LogP) is 3.01. The van der Waals surface area contributed by atoms with Gasteiger partial charge in [0.2, 0.25) is 0 Å². The second-order valence-corrected chi connectivity index (χ2v) is 5.20. The molecule has 0 fully saturated rings. The molecule has 0 saturated carbocycles. The largest absolute Gasteiger partial charge is 0.356 e. The number of nitrogens with zero attached hydrogens (tertiary/aromatic N) is 3. The van der Waals surface area contributed by atoms with E-state index in [1.165, 1.54) is 0 Å². The van der Waals surface area contributed by atoms with Crippen molar-refractivity contribution in [3.8, 4) is 11.3 Å². The molecule has 0 spiro atoms. The van der Waals surface area contributed by atoms with Gasteiger partial charge >= 0.3 is 0 Å². The first-order valence-corrected chi connectivity index (χ1v) is 6.91. The van der Waals surface area contributed by atoms with Crippen LogP contribution in [-0.4, -0.2) is 27.1 Å². The monoisotopic (exact) mass is 282 g/mol. The Morgan fingerprint density at radius 1 is 1.19 bits per heavy atom. The Bertz CT molecular complexity index is 702. The Labute approximate surface area is 123 Å². The van der Waals surface area contributed by atoms with Gasteiger partial charge in [-0.2, -0.15) is 0 Å². The fourth-order valence-electron chi connectivity index (χ4n) is 2.26. The summed E-state index contributed by atoms with van der Waals surface area (Å²) in [6.07, 6.45) is 1.72. The van der Waals surface area contributed by atoms with E-state index in [0.717, 1.165) is 41.5 Å². The molecule has 108 valence electrons. The maximum absolute atomic E-state index is 5.41. The summed E-state index contributed by atoms with van der Waals surface area (Å²) < 4.78 is 5.41. The van der Waals surface area contributed by atoms with Crippen molar-refractivity contribution in [3.05, 3.63) is 59.8 Å². The summed E-state index contributed by atoms with van der Waals surface area (Å²) in [6.45, 7) is 3.53. The van der Waals surface area contributed by atoms with Crippen molar-refractivity contribution in [1.82, 2.24) is 20.0 Å². The minimum absolute atomic E-state index is 0.725. The lowest BCUT2D eigenvalue weighted by molar-refractivity contribution is 0.301. The van der Waals surface area contributed by atoms with Crippen LogP contribution in [0, 0.1) is 6.92 Å². The van der Waals surface area contributed by atoms with Crippen LogP contribution < -0.4 is 0 Å². The average molecular weight is 282 g/mol. The Balaban J connectivity index is 1.66. The van der Waals surface area contributed by atoms with Gasteiger partial charge in [-0.1, -0.05) is 35.5 Å². The van der Waals surface area contributed by atoms with Gasteiger partial charge in [-0.05, 0) is 14.0 Å². The second kappa shape index (κ2) is 5.93. The number of nitrogens with one attached hydrogen (secondary N) is 1. The molecule has 5 heteroatoms. The predicted molar refractivity (Wildman–Crippen MR) is 80.4 cm³/mol. The van der Waals surface area contributed by atoms with E-state index in [-0.39, 0.29) is 0 Å². The lowest BCUT2D eigenvalue weighted by Crippen LogP contribution is -2.18. The molecular weight excluding hydrogens is 264 g/mol. The number of hydrogen-bond acceptors (Lipinski definition) is 4. The van der Waals surface area contributed by atoms with Crippen LogP contribution in [0.15, 0.2) is 47.2 Å². The lowest BCUT2D eigenvalue weighted by Gasteiger charge is -2.13. The normalized spacial score (nSPS) is 11.2. The van der Waals surface area contributed by atoms with Gasteiger partial charge in [0.25, 0.3) is 0 Å². The van der Waals surface area contributed by atoms with Crippen LogP contribution in [0.2, 0.25) is 0 Å². The first-order valence-electron chi connectivity index (χ1n) is 6.91. The van der Waals surface area contributed by atoms with Crippen molar-refractivity contribution in [2.45, 2.75) is 20.0 Å². The van der Waals surface area contributed by atoms with Crippen molar-refractivity contribution >= 4 is 0 Å². The zero-order valence-electron chi connectivity index (χ0n) is 12.2. The van der Waals surface area contributed by atoms with Crippen molar-refractivity contribution in [3.63, 3.8) is 0 Å². The number of hydrogen-bond donors (Lipinski definition) is 1. The highest BCUT2D eigenvalue weighted by Crippen LogP contribution is 2.20. The molecule has 0 aliphatic rings. The van der Waals surface area contributed by atoms with Gasteiger partial charge in [0.05, 0.1) is 17.7 Å². The molecule has 0 aliphatic heterocycles. The average Bonchev–Trinajstić information content (AvgIpc) is 3.10. The molecule has 3 aromatic rings. The van der Waals surface area contributed by atoms with Crippen LogP contribution in [0.3, 0.4) is 0 Å². The molecule has 0 saturated heterocycles. The SMILES string of the molecule is Cc1[nH]cnc1CN(C)Cc1cc(-c2ccccc2)on1. The molecule has 5 nitrogen and oxygen atoms in total. The highest BCUT2D eigenvalue weighted by Gasteiger charge is 2.10. The smallest absolute Gasteiger partial charge is 0.167 e. The van der Waals surface area contributed by atoms with Crippen LogP contribution in [0.25, 0.3) is 11.3 Å². The van der Waals surface area contributed by atoms with Crippen LogP contribution >= 0.6 is 0 Å². The summed E-state index contributed by atoms with van der Waals surface area (Å²) in [4.78, 5) is 9.56. The van der Waals surface area contributed by atoms with Gasteiger partial charge < -0.3 is 9.51 Å². The van der Waals surface area contributed by atoms with Gasteiger partial charge in [-0.25, -0.2) is 4.98 Å². The van der Waals surface area contributed by atoms with E-state index in [9.17, 15) is 0 Å². The first kappa shape index (κ1) is 13.6. The number of rotatable bonds is 5. The zero-order chi connectivity index (χ0) is 14.7. The van der Waals surface area contributed by atoms with Crippen molar-refractivity contribution in [2.75, 3.05) is 7.05 Å². The molecule has 0 bridgehead atoms. The third kappa shape index (κ3) is 3.20. The molecule has 3 rings (SSSR count). The van der Waals surface area contributed by atoms with Crippen LogP contribution in [-0.2, 0) is 13.1 Å². The van der Waals surface area contributed by atoms with E-state index < -0.39 is 0 Å². The lowest BCUT2D eigenvalue weighted by atomic mass is 10.1. The van der Waals surface area contributed by atoms with Gasteiger partial charge in [0.1, 0.15) is 0 Å². The molecule has 0 amide bonds. The number of aromatic nitrogens is 3. The fourth-order valence-corrected chi connectivity index (χ4v) is 2.26. The summed E-state index contributed by atoms with van der Waals surface area (Å²) in [5.41, 5.74) is 4.13. The maximum Gasteiger partial charge on any atom is 0.167 e. The van der Waals surface area contributed by atoms with Gasteiger partial charge in [0, 0.05) is 30.4 Å². The summed E-state index contributed by atoms with van der Waals surface area (Å²) in [7, 11) is 2.05. The molecule has 0 radical (unpaired) electrons. The van der Waals surface area contributed by atoms with Crippen molar-refractivity contribution in [2.24, 2.45) is 0 Å². The van der Waals surface area contributed by atoms with Crippen molar-refractivity contribution < 1.29 is 4.52 Å². The number of aryl methyl sites for hydroxylation is 1. The third-order valence-corrected chi connectivity index (χ3v) is 3.40. The van der Waals surface area contributed by atoms with E-state index in [1.54, 1.807) is 6.33 Å². The van der Waals surface area contributed by atoms with E-state index in [2.05, 4.69) is 20.0 Å². The second-order valence-electron chi connectivity index (χ2n) is 5.20. The standard InChI is InChI=1S/C16H18N4O/c1-12-15(18-11-17-12)10-20(2)9-14-8-16(21-19-14)13-6-4-3-5-7-13/h3-8,11H,9-10H2,1-2H3,(H,17,18). The van der Waals surface area contributed by atoms with Crippen LogP contribution in [0.5, 0.6) is 0 Å². The van der Waals surface area contributed by atoms with Gasteiger partial charge in [-0.15, -0.1) is 0 Å². The number of imidazole rings is 1. The van der Waals surface area contributed by atoms with E-state index in [1.807, 2.05) is 50.4 Å². The molecule has 21 heavy (non-hydrogen) atoms. The summed E-state index contributed by atoms with van der Waals surface area (Å²) in [5, 5.41) is 4.14. The molecule has 0 unspecified atom stereocenters. The molecule has 1 aromatic carbocycles. The maximum atomic E-state index is 5.41. The Morgan fingerprint density at radius 3 is 2.71 bits per heavy atom. The van der Waals surface area contributed by atoms with Crippen LogP contribution in [0.4, 0.5) is 0 Å². The third-order valence-electron chi connectivity index (χ3n) is 3.40. The molecule has 0 aliphatic carbocycles. The summed E-state index contributed by atoms with van der Waals surface area (Å²) in [5.74, 6) is 0.801. The van der Waals surface area contributed by atoms with E-state index >= 15 is 0 Å². The van der Waals surface area contributed by atoms with Crippen molar-refractivity contribution in [1.29, 1.82) is 0 Å². The summed E-state index contributed by atoms with van der Waals surface area (Å²) in [6, 6.07) is 12.0. The zero-order valence-corrected chi connectivity index (χ0v) is 12.2. The Hall–Kier alpha value is -2.40. The highest BCUT2D eigenvalue weighted by molar-refractivity contribution is 5.56. The highest BCUT2D eigenvalue weighted by atomic mass is 16.5. The van der Waals surface area contributed by atoms with Crippen LogP contribution in [0.1, 0.15) is 17.1 Å². The molecule has 1 N–H and O–H groups in total. The number of H-pyrrole nitrogens is 1. The first-order chi connectivity index (χ1) is 10.2. The molecule has 2 aromatic heterocycles. The molecular formula is C16H18N4O. The Kier molecular flexibility index (Phi) is 3.83. The fraction of sp³-hybridized carbons (Fsp3) is 0.250. The molecule has 2 heterocycles. The minimum Gasteiger partial charge on any atom is -0.356 e. The Morgan fingerprint density at radius 2 is 2.00 bits per heavy atom.